The number of ether oxygens (including phenoxy) is 1. The van der Waals surface area contributed by atoms with E-state index in [9.17, 15) is 28.3 Å². The van der Waals surface area contributed by atoms with Crippen LogP contribution in [0.25, 0.3) is 48.3 Å². The molecular weight excluding hydrogens is 1040 g/mol. The van der Waals surface area contributed by atoms with Gasteiger partial charge in [-0.05, 0) is 97.5 Å². The number of hydrogen-bond donors (Lipinski definition) is 5. The van der Waals surface area contributed by atoms with Crippen LogP contribution in [0.1, 0.15) is 84.4 Å². The van der Waals surface area contributed by atoms with Gasteiger partial charge in [0, 0.05) is 47.7 Å². The molecule has 0 spiro atoms. The highest BCUT2D eigenvalue weighted by Gasteiger charge is 2.21. The maximum absolute atomic E-state index is 13.0. The Morgan fingerprint density at radius 1 is 0.583 bits per heavy atom. The number of carboxylic acids is 1. The number of benzene rings is 2. The van der Waals surface area contributed by atoms with Crippen LogP contribution in [0.3, 0.4) is 0 Å². The first kappa shape index (κ1) is 56.7. The van der Waals surface area contributed by atoms with Gasteiger partial charge < -0.3 is 30.9 Å². The van der Waals surface area contributed by atoms with Crippen LogP contribution in [0.4, 0.5) is 8.78 Å². The molecule has 6 N–H and O–H groups in total. The quantitative estimate of drug-likeness (QED) is 0.0446. The van der Waals surface area contributed by atoms with E-state index in [0.717, 1.165) is 37.2 Å². The number of thiazole rings is 6. The lowest BCUT2D eigenvalue weighted by Gasteiger charge is -2.01. The zero-order valence-electron chi connectivity index (χ0n) is 38.9. The molecule has 0 unspecified atom stereocenters. The van der Waals surface area contributed by atoms with Crippen LogP contribution in [0.2, 0.25) is 0 Å². The summed E-state index contributed by atoms with van der Waals surface area (Å²) in [5.41, 5.74) is 9.98. The van der Waals surface area contributed by atoms with Gasteiger partial charge in [0.05, 0.1) is 41.6 Å². The maximum Gasteiger partial charge on any atom is 0.358 e. The molecule has 8 aromatic rings. The fourth-order valence-electron chi connectivity index (χ4n) is 5.60. The van der Waals surface area contributed by atoms with Crippen LogP contribution in [-0.2, 0) is 17.7 Å². The lowest BCUT2D eigenvalue weighted by Crippen LogP contribution is -2.04. The normalized spacial score (nSPS) is 11.4. The molecule has 0 saturated heterocycles. The number of ketones is 1. The molecule has 0 aliphatic rings. The minimum Gasteiger partial charge on any atom is -0.476 e. The maximum atomic E-state index is 13.0. The third kappa shape index (κ3) is 16.9. The van der Waals surface area contributed by atoms with Crippen LogP contribution in [0, 0.1) is 11.6 Å². The Morgan fingerprint density at radius 2 is 0.958 bits per heavy atom. The zero-order chi connectivity index (χ0) is 52.2. The molecule has 0 fully saturated rings. The lowest BCUT2D eigenvalue weighted by molar-refractivity contribution is 0.0593. The molecule has 6 heterocycles. The first-order chi connectivity index (χ1) is 34.7. The number of esters is 1. The fourth-order valence-corrected chi connectivity index (χ4v) is 10.9. The van der Waals surface area contributed by atoms with Gasteiger partial charge in [-0.3, -0.25) is 4.79 Å². The summed E-state index contributed by atoms with van der Waals surface area (Å²) in [5.74, 6) is -2.15. The number of carboxylic acid groups (broad SMARTS) is 1. The molecule has 2 aromatic carbocycles. The summed E-state index contributed by atoms with van der Waals surface area (Å²) in [6, 6.07) is 12.3. The molecule has 0 atom stereocenters. The molecule has 6 aromatic heterocycles. The number of aliphatic hydroxyl groups is 3. The Balaban J connectivity index is 0.000000188. The van der Waals surface area contributed by atoms with Gasteiger partial charge in [0.2, 0.25) is 0 Å². The number of aryl methyl sites for hydroxylation is 1. The Kier molecular flexibility index (Phi) is 22.6. The van der Waals surface area contributed by atoms with Gasteiger partial charge in [-0.25, -0.2) is 48.3 Å². The molecule has 72 heavy (non-hydrogen) atoms. The summed E-state index contributed by atoms with van der Waals surface area (Å²) in [6.07, 6.45) is 11.0. The molecule has 8 rings (SSSR count). The zero-order valence-corrected chi connectivity index (χ0v) is 43.8. The van der Waals surface area contributed by atoms with E-state index in [-0.39, 0.29) is 55.0 Å². The Bertz CT molecular complexity index is 3080. The second-order valence-corrected chi connectivity index (χ2v) is 20.6. The van der Waals surface area contributed by atoms with Crippen LogP contribution >= 0.6 is 68.0 Å². The number of aromatic carboxylic acids is 1. The topological polar surface area (TPSA) is 245 Å². The number of rotatable bonds is 16. The van der Waals surface area contributed by atoms with Gasteiger partial charge >= 0.3 is 11.9 Å². The number of halogens is 2. The highest BCUT2D eigenvalue weighted by Crippen LogP contribution is 2.34. The number of carbonyl (C=O) groups is 3. The molecule has 0 radical (unpaired) electrons. The average molecular weight is 1090 g/mol. The van der Waals surface area contributed by atoms with Crippen molar-refractivity contribution >= 4 is 104 Å². The van der Waals surface area contributed by atoms with Crippen molar-refractivity contribution in [2.24, 2.45) is 5.73 Å². The second kappa shape index (κ2) is 28.7. The van der Waals surface area contributed by atoms with E-state index in [0.29, 0.717) is 54.0 Å². The minimum atomic E-state index is -1.08. The smallest absolute Gasteiger partial charge is 0.358 e. The standard InChI is InChI=1S/C19H17FN2O2S2.C12H12N2O3S2.C11H10N2O3S2.C7H8FN/c1-12(11-23)10-16-17(22-19(26-16)18-21-8-9-25-18)15(24)7-4-13-2-5-14(20)6-3-13;1-7(6-15)5-8-9(12(16)17-2)14-11(19-8)10-13-3-4-18-10;1-6(5-14)4-7-8(11(15)16)13-10(18-7)9-12-2-3-17-9;8-7-3-1-6(5-9)2-4-7/h2-3,5-6,8-10,23H,4,7,11H2,1H3;3-5,15H,6H2,1-2H3;2-4,14H,5H2,1H3,(H,15,16);1-4H,5,9H2/b12-10+;7-5+;6-4+;. The van der Waals surface area contributed by atoms with E-state index in [4.69, 9.17) is 25.8 Å². The first-order valence-electron chi connectivity index (χ1n) is 21.3. The fraction of sp³-hybridized carbons (Fsp3) is 0.204. The second-order valence-electron chi connectivity index (χ2n) is 14.8. The monoisotopic (exact) mass is 1090 g/mol. The Labute approximate surface area is 436 Å². The van der Waals surface area contributed by atoms with E-state index in [1.54, 1.807) is 81.9 Å². The largest absolute Gasteiger partial charge is 0.476 e. The summed E-state index contributed by atoms with van der Waals surface area (Å²) >= 11 is 8.33. The summed E-state index contributed by atoms with van der Waals surface area (Å²) in [7, 11) is 1.32. The molecule has 23 heteroatoms. The van der Waals surface area contributed by atoms with Crippen molar-refractivity contribution in [1.82, 2.24) is 29.9 Å². The third-order valence-corrected chi connectivity index (χ3v) is 15.0. The van der Waals surface area contributed by atoms with Crippen molar-refractivity contribution in [2.45, 2.75) is 40.2 Å². The number of methoxy groups -OCH3 is 1. The predicted molar refractivity (Wildman–Crippen MR) is 284 cm³/mol. The molecule has 376 valence electrons. The van der Waals surface area contributed by atoms with Crippen LogP contribution in [0.15, 0.2) is 100.0 Å². The van der Waals surface area contributed by atoms with Gasteiger partial charge in [0.25, 0.3) is 0 Å². The number of carbonyl (C=O) groups excluding carboxylic acids is 2. The van der Waals surface area contributed by atoms with Crippen LogP contribution in [0.5, 0.6) is 0 Å². The molecule has 0 amide bonds. The molecule has 0 aliphatic heterocycles. The summed E-state index contributed by atoms with van der Waals surface area (Å²) in [4.78, 5) is 62.8. The molecular formula is C49H47F2N7O8S6. The van der Waals surface area contributed by atoms with Crippen molar-refractivity contribution in [2.75, 3.05) is 26.9 Å². The molecule has 0 saturated carbocycles. The summed E-state index contributed by atoms with van der Waals surface area (Å²) < 4.78 is 29.9. The third-order valence-electron chi connectivity index (χ3n) is 9.24. The number of aliphatic hydroxyl groups excluding tert-OH is 3. The van der Waals surface area contributed by atoms with Crippen molar-refractivity contribution < 1.29 is 48.3 Å². The lowest BCUT2D eigenvalue weighted by atomic mass is 10.1. The number of hydrogen-bond acceptors (Lipinski definition) is 20. The van der Waals surface area contributed by atoms with Crippen molar-refractivity contribution in [3.05, 3.63) is 154 Å². The van der Waals surface area contributed by atoms with E-state index in [2.05, 4.69) is 29.9 Å². The number of nitrogens with two attached hydrogens (primary N) is 1. The van der Waals surface area contributed by atoms with Gasteiger partial charge in [-0.1, -0.05) is 24.3 Å². The number of nitrogens with zero attached hydrogens (tertiary/aromatic N) is 6. The van der Waals surface area contributed by atoms with Gasteiger partial charge in [-0.15, -0.1) is 68.0 Å². The molecule has 0 bridgehead atoms. The minimum absolute atomic E-state index is 0.00185. The Morgan fingerprint density at radius 3 is 1.32 bits per heavy atom. The van der Waals surface area contributed by atoms with Crippen LogP contribution in [-0.4, -0.2) is 95.0 Å². The van der Waals surface area contributed by atoms with E-state index in [1.807, 2.05) is 16.1 Å². The van der Waals surface area contributed by atoms with E-state index in [1.165, 1.54) is 99.4 Å². The van der Waals surface area contributed by atoms with Crippen molar-refractivity contribution in [3.8, 4) is 30.0 Å². The molecule has 15 nitrogen and oxygen atoms in total. The highest BCUT2D eigenvalue weighted by molar-refractivity contribution is 7.22. The number of aromatic nitrogens is 6. The highest BCUT2D eigenvalue weighted by atomic mass is 32.1. The summed E-state index contributed by atoms with van der Waals surface area (Å²) in [5, 5.41) is 46.1. The van der Waals surface area contributed by atoms with Gasteiger partial charge in [0.1, 0.15) is 17.3 Å². The van der Waals surface area contributed by atoms with Crippen molar-refractivity contribution in [1.29, 1.82) is 0 Å². The Hall–Kier alpha value is -6.25. The van der Waals surface area contributed by atoms with Crippen LogP contribution < -0.4 is 5.73 Å². The van der Waals surface area contributed by atoms with Gasteiger partial charge in [0.15, 0.2) is 47.2 Å². The van der Waals surface area contributed by atoms with Gasteiger partial charge in [-0.2, -0.15) is 0 Å². The van der Waals surface area contributed by atoms with E-state index < -0.39 is 11.9 Å². The molecule has 0 aliphatic carbocycles. The van der Waals surface area contributed by atoms with Crippen molar-refractivity contribution in [3.63, 3.8) is 0 Å². The first-order valence-corrected chi connectivity index (χ1v) is 26.3. The SMILES string of the molecule is C/C(=C\c1sc(-c2nccs2)nc1C(=O)CCc1ccc(F)cc1)CO.C/C(=C\c1sc(-c2nccs2)nc1C(=O)O)CO.COC(=O)c1nc(-c2nccs2)sc1/C=C(\C)CO.NCc1ccc(F)cc1. The summed E-state index contributed by atoms with van der Waals surface area (Å²) in [6.45, 7) is 5.54. The number of Topliss-reactive ketones (excluding diaryl/α,β-unsaturated/α-hetero) is 1. The predicted octanol–water partition coefficient (Wildman–Crippen LogP) is 10.7. The van der Waals surface area contributed by atoms with E-state index >= 15 is 0 Å². The average Bonchev–Trinajstić information content (AvgIpc) is 4.25.